The predicted octanol–water partition coefficient (Wildman–Crippen LogP) is 3.70. The average molecular weight is 567 g/mol. The first-order valence-corrected chi connectivity index (χ1v) is 14.8. The topological polar surface area (TPSA) is 126 Å². The molecule has 212 valence electrons. The van der Waals surface area contributed by atoms with Crippen LogP contribution in [0, 0.1) is 0 Å². The number of carbonyl (C=O) groups is 1. The molecule has 1 amide bonds. The van der Waals surface area contributed by atoms with Crippen molar-refractivity contribution in [3.8, 4) is 17.4 Å². The van der Waals surface area contributed by atoms with Crippen LogP contribution in [0.3, 0.4) is 0 Å². The summed E-state index contributed by atoms with van der Waals surface area (Å²) in [6, 6.07) is 15.1. The number of rotatable bonds is 12. The van der Waals surface area contributed by atoms with Gasteiger partial charge in [0.05, 0.1) is 19.1 Å². The summed E-state index contributed by atoms with van der Waals surface area (Å²) >= 11 is 0. The van der Waals surface area contributed by atoms with E-state index >= 15 is 0 Å². The number of benzene rings is 2. The maximum Gasteiger partial charge on any atom is 0.267 e. The van der Waals surface area contributed by atoms with Gasteiger partial charge in [-0.1, -0.05) is 12.6 Å². The lowest BCUT2D eigenvalue weighted by molar-refractivity contribution is -0.111. The lowest BCUT2D eigenvalue weighted by atomic mass is 10.2. The Morgan fingerprint density at radius 2 is 2.00 bits per heavy atom. The van der Waals surface area contributed by atoms with E-state index in [2.05, 4.69) is 44.0 Å². The zero-order chi connectivity index (χ0) is 28.7. The van der Waals surface area contributed by atoms with E-state index in [1.54, 1.807) is 24.3 Å². The van der Waals surface area contributed by atoms with Gasteiger partial charge in [-0.15, -0.1) is 0 Å². The molecule has 1 fully saturated rings. The fourth-order valence-corrected chi connectivity index (χ4v) is 4.91. The van der Waals surface area contributed by atoms with E-state index in [1.807, 2.05) is 24.3 Å². The van der Waals surface area contributed by atoms with Crippen LogP contribution in [-0.2, 0) is 14.6 Å². The molecule has 4 rings (SSSR count). The normalized spacial score (nSPS) is 15.3. The second kappa shape index (κ2) is 12.8. The Morgan fingerprint density at radius 1 is 1.23 bits per heavy atom. The van der Waals surface area contributed by atoms with Crippen molar-refractivity contribution in [2.24, 2.45) is 0 Å². The van der Waals surface area contributed by atoms with Gasteiger partial charge in [-0.25, -0.2) is 13.4 Å². The Hall–Kier alpha value is -4.16. The van der Waals surface area contributed by atoms with Gasteiger partial charge in [-0.3, -0.25) is 4.79 Å². The van der Waals surface area contributed by atoms with Crippen molar-refractivity contribution in [1.82, 2.24) is 14.9 Å². The minimum Gasteiger partial charge on any atom is -0.490 e. The van der Waals surface area contributed by atoms with Crippen LogP contribution in [0.15, 0.2) is 67.4 Å². The van der Waals surface area contributed by atoms with Crippen LogP contribution >= 0.6 is 0 Å². The number of anilines is 4. The molecular formula is C28H34N6O5S. The quantitative estimate of drug-likeness (QED) is 0.314. The first-order chi connectivity index (χ1) is 19.1. The van der Waals surface area contributed by atoms with Gasteiger partial charge >= 0.3 is 0 Å². The number of aromatic nitrogens is 2. The average Bonchev–Trinajstić information content (AvgIpc) is 3.41. The van der Waals surface area contributed by atoms with Crippen LogP contribution in [0.25, 0.3) is 0 Å². The molecule has 1 atom stereocenters. The third-order valence-corrected chi connectivity index (χ3v) is 7.47. The van der Waals surface area contributed by atoms with Gasteiger partial charge in [0, 0.05) is 62.1 Å². The predicted molar refractivity (Wildman–Crippen MR) is 157 cm³/mol. The second-order valence-corrected chi connectivity index (χ2v) is 11.8. The van der Waals surface area contributed by atoms with E-state index in [0.29, 0.717) is 35.7 Å². The minimum atomic E-state index is -2.97. The second-order valence-electron chi connectivity index (χ2n) is 9.55. The summed E-state index contributed by atoms with van der Waals surface area (Å²) in [4.78, 5) is 24.8. The van der Waals surface area contributed by atoms with Gasteiger partial charge < -0.3 is 29.9 Å². The van der Waals surface area contributed by atoms with Gasteiger partial charge in [0.25, 0.3) is 5.88 Å². The van der Waals surface area contributed by atoms with Crippen molar-refractivity contribution in [3.63, 3.8) is 0 Å². The molecule has 1 aliphatic heterocycles. The largest absolute Gasteiger partial charge is 0.490 e. The highest BCUT2D eigenvalue weighted by molar-refractivity contribution is 7.90. The number of hydrogen-bond donors (Lipinski definition) is 2. The first kappa shape index (κ1) is 28.8. The molecule has 2 N–H and O–H groups in total. The SMILES string of the molecule is C=CC(=O)Nc1cccc(Oc2nc(Nc3ccc(N(C)C4CCN(CCS(C)(=O)=O)C4)cc3)ncc2OC)c1. The number of amides is 1. The fraction of sp³-hybridized carbons (Fsp3) is 0.321. The number of likely N-dealkylation sites (N-methyl/N-ethyl adjacent to an activating group) is 1. The Labute approximate surface area is 234 Å². The van der Waals surface area contributed by atoms with Gasteiger partial charge in [0.2, 0.25) is 11.9 Å². The van der Waals surface area contributed by atoms with Crippen LogP contribution in [0.2, 0.25) is 0 Å². The molecule has 0 saturated carbocycles. The van der Waals surface area contributed by atoms with E-state index in [9.17, 15) is 13.2 Å². The molecule has 2 aromatic carbocycles. The lowest BCUT2D eigenvalue weighted by Crippen LogP contribution is -2.35. The van der Waals surface area contributed by atoms with Crippen molar-refractivity contribution >= 4 is 38.8 Å². The highest BCUT2D eigenvalue weighted by atomic mass is 32.2. The number of hydrogen-bond acceptors (Lipinski definition) is 10. The van der Waals surface area contributed by atoms with E-state index in [0.717, 1.165) is 30.9 Å². The van der Waals surface area contributed by atoms with Crippen molar-refractivity contribution in [2.75, 3.05) is 61.3 Å². The maximum atomic E-state index is 11.6. The molecule has 1 saturated heterocycles. The van der Waals surface area contributed by atoms with Crippen molar-refractivity contribution in [1.29, 1.82) is 0 Å². The summed E-state index contributed by atoms with van der Waals surface area (Å²) in [7, 11) is 0.595. The Kier molecular flexibility index (Phi) is 9.22. The maximum absolute atomic E-state index is 11.6. The van der Waals surface area contributed by atoms with Crippen LogP contribution < -0.4 is 25.0 Å². The van der Waals surface area contributed by atoms with Crippen molar-refractivity contribution in [3.05, 3.63) is 67.4 Å². The zero-order valence-corrected chi connectivity index (χ0v) is 23.6. The molecule has 1 unspecified atom stereocenters. The molecule has 0 bridgehead atoms. The standard InChI is InChI=1S/C28H34N6O5S/c1-5-26(35)30-21-7-6-8-24(17-21)39-27-25(38-3)18-29-28(32-27)31-20-9-11-22(12-10-20)33(2)23-13-14-34(19-23)15-16-40(4,36)37/h5-12,17-18,23H,1,13-16,19H2,2-4H3,(H,30,35)(H,29,31,32). The van der Waals surface area contributed by atoms with E-state index in [-0.39, 0.29) is 17.5 Å². The number of likely N-dealkylation sites (tertiary alicyclic amines) is 1. The summed E-state index contributed by atoms with van der Waals surface area (Å²) in [6.45, 7) is 5.74. The number of ether oxygens (including phenoxy) is 2. The van der Waals surface area contributed by atoms with Gasteiger partial charge in [0.1, 0.15) is 15.6 Å². The highest BCUT2D eigenvalue weighted by Gasteiger charge is 2.26. The zero-order valence-electron chi connectivity index (χ0n) is 22.8. The monoisotopic (exact) mass is 566 g/mol. The number of sulfone groups is 1. The van der Waals surface area contributed by atoms with Gasteiger partial charge in [-0.05, 0) is 48.9 Å². The molecule has 2 heterocycles. The van der Waals surface area contributed by atoms with Crippen LogP contribution in [0.5, 0.6) is 17.4 Å². The third-order valence-electron chi connectivity index (χ3n) is 6.55. The third kappa shape index (κ3) is 7.93. The molecule has 1 aromatic heterocycles. The molecule has 40 heavy (non-hydrogen) atoms. The Bertz CT molecular complexity index is 1450. The number of nitrogens with one attached hydrogen (secondary N) is 2. The summed E-state index contributed by atoms with van der Waals surface area (Å²) in [6.07, 6.45) is 4.97. The molecule has 3 aromatic rings. The van der Waals surface area contributed by atoms with Gasteiger partial charge in [-0.2, -0.15) is 4.98 Å². The van der Waals surface area contributed by atoms with Gasteiger partial charge in [0.15, 0.2) is 5.75 Å². The summed E-state index contributed by atoms with van der Waals surface area (Å²) in [5.74, 6) is 1.21. The highest BCUT2D eigenvalue weighted by Crippen LogP contribution is 2.32. The summed E-state index contributed by atoms with van der Waals surface area (Å²) in [5, 5.41) is 5.88. The Morgan fingerprint density at radius 3 is 2.70 bits per heavy atom. The van der Waals surface area contributed by atoms with E-state index < -0.39 is 9.84 Å². The van der Waals surface area contributed by atoms with Crippen LogP contribution in [0.4, 0.5) is 23.0 Å². The first-order valence-electron chi connectivity index (χ1n) is 12.8. The molecular weight excluding hydrogens is 532 g/mol. The molecule has 0 aliphatic carbocycles. The molecule has 0 radical (unpaired) electrons. The number of methoxy groups -OCH3 is 1. The molecule has 11 nitrogen and oxygen atoms in total. The molecule has 1 aliphatic rings. The summed E-state index contributed by atoms with van der Waals surface area (Å²) in [5.41, 5.74) is 2.41. The van der Waals surface area contributed by atoms with Crippen molar-refractivity contribution in [2.45, 2.75) is 12.5 Å². The molecule has 0 spiro atoms. The molecule has 12 heteroatoms. The Balaban J connectivity index is 1.40. The van der Waals surface area contributed by atoms with Crippen LogP contribution in [0.1, 0.15) is 6.42 Å². The smallest absolute Gasteiger partial charge is 0.267 e. The van der Waals surface area contributed by atoms with E-state index in [4.69, 9.17) is 9.47 Å². The number of carbonyl (C=O) groups excluding carboxylic acids is 1. The minimum absolute atomic E-state index is 0.185. The van der Waals surface area contributed by atoms with Crippen molar-refractivity contribution < 1.29 is 22.7 Å². The lowest BCUT2D eigenvalue weighted by Gasteiger charge is -2.27. The van der Waals surface area contributed by atoms with Crippen LogP contribution in [-0.4, -0.2) is 81.0 Å². The fourth-order valence-electron chi connectivity index (χ4n) is 4.32. The number of nitrogens with zero attached hydrogens (tertiary/aromatic N) is 4. The summed E-state index contributed by atoms with van der Waals surface area (Å²) < 4.78 is 34.3. The van der Waals surface area contributed by atoms with E-state index in [1.165, 1.54) is 25.6 Å².